The number of ether oxygens (including phenoxy) is 1. The van der Waals surface area contributed by atoms with E-state index in [1.165, 1.54) is 19.3 Å². The molecule has 2 heterocycles. The zero-order valence-electron chi connectivity index (χ0n) is 12.8. The molecule has 0 aromatic rings. The summed E-state index contributed by atoms with van der Waals surface area (Å²) < 4.78 is 5.38. The predicted octanol–water partition coefficient (Wildman–Crippen LogP) is 0.557. The van der Waals surface area contributed by atoms with E-state index in [2.05, 4.69) is 17.3 Å². The molecule has 1 amide bonds. The molecule has 0 radical (unpaired) electrons. The van der Waals surface area contributed by atoms with Crippen LogP contribution in [0.5, 0.6) is 0 Å². The van der Waals surface area contributed by atoms with Crippen molar-refractivity contribution >= 4 is 5.91 Å². The van der Waals surface area contributed by atoms with E-state index in [0.717, 1.165) is 58.4 Å². The molecule has 0 aromatic carbocycles. The highest BCUT2D eigenvalue weighted by Crippen LogP contribution is 2.18. The lowest BCUT2D eigenvalue weighted by Crippen LogP contribution is -2.47. The van der Waals surface area contributed by atoms with Gasteiger partial charge in [-0.15, -0.1) is 0 Å². The molecular weight excluding hydrogens is 254 g/mol. The summed E-state index contributed by atoms with van der Waals surface area (Å²) >= 11 is 0. The van der Waals surface area contributed by atoms with Gasteiger partial charge in [0.2, 0.25) is 5.91 Å². The Morgan fingerprint density at radius 3 is 2.65 bits per heavy atom. The SMILES string of the molecule is CN(CCC(=O)N1CCNCC1)CCC1CCOCC1. The first-order chi connectivity index (χ1) is 9.75. The molecule has 2 saturated heterocycles. The Labute approximate surface area is 122 Å². The van der Waals surface area contributed by atoms with Crippen LogP contribution in [0.2, 0.25) is 0 Å². The highest BCUT2D eigenvalue weighted by atomic mass is 16.5. The molecule has 0 aromatic heterocycles. The predicted molar refractivity (Wildman–Crippen MR) is 79.7 cm³/mol. The van der Waals surface area contributed by atoms with Crippen molar-refractivity contribution < 1.29 is 9.53 Å². The minimum absolute atomic E-state index is 0.310. The molecule has 5 nitrogen and oxygen atoms in total. The molecule has 0 atom stereocenters. The normalized spacial score (nSPS) is 21.4. The fourth-order valence-electron chi connectivity index (χ4n) is 2.91. The summed E-state index contributed by atoms with van der Waals surface area (Å²) in [5.74, 6) is 1.12. The van der Waals surface area contributed by atoms with Crippen LogP contribution in [0.25, 0.3) is 0 Å². The van der Waals surface area contributed by atoms with Crippen molar-refractivity contribution in [2.75, 3.05) is 59.5 Å². The maximum atomic E-state index is 12.1. The summed E-state index contributed by atoms with van der Waals surface area (Å²) in [4.78, 5) is 16.4. The maximum Gasteiger partial charge on any atom is 0.223 e. The molecule has 0 spiro atoms. The second-order valence-electron chi connectivity index (χ2n) is 6.03. The lowest BCUT2D eigenvalue weighted by atomic mass is 9.96. The van der Waals surface area contributed by atoms with E-state index in [9.17, 15) is 4.79 Å². The Morgan fingerprint density at radius 1 is 1.25 bits per heavy atom. The second-order valence-corrected chi connectivity index (χ2v) is 6.03. The van der Waals surface area contributed by atoms with E-state index in [-0.39, 0.29) is 0 Å². The molecule has 2 fully saturated rings. The average molecular weight is 283 g/mol. The zero-order valence-corrected chi connectivity index (χ0v) is 12.8. The summed E-state index contributed by atoms with van der Waals surface area (Å²) in [6.45, 7) is 7.43. The topological polar surface area (TPSA) is 44.8 Å². The fourth-order valence-corrected chi connectivity index (χ4v) is 2.91. The monoisotopic (exact) mass is 283 g/mol. The number of carbonyl (C=O) groups excluding carboxylic acids is 1. The average Bonchev–Trinajstić information content (AvgIpc) is 2.52. The molecule has 0 unspecified atom stereocenters. The Bertz CT molecular complexity index is 287. The van der Waals surface area contributed by atoms with E-state index >= 15 is 0 Å². The molecule has 0 saturated carbocycles. The van der Waals surface area contributed by atoms with Gasteiger partial charge in [-0.25, -0.2) is 0 Å². The third kappa shape index (κ3) is 5.38. The fraction of sp³-hybridized carbons (Fsp3) is 0.933. The van der Waals surface area contributed by atoms with Gasteiger partial charge in [0.1, 0.15) is 0 Å². The van der Waals surface area contributed by atoms with Crippen molar-refractivity contribution in [1.29, 1.82) is 0 Å². The molecule has 2 rings (SSSR count). The van der Waals surface area contributed by atoms with E-state index in [4.69, 9.17) is 4.74 Å². The van der Waals surface area contributed by atoms with Crippen molar-refractivity contribution in [2.24, 2.45) is 5.92 Å². The number of hydrogen-bond acceptors (Lipinski definition) is 4. The molecule has 2 aliphatic rings. The maximum absolute atomic E-state index is 12.1. The standard InChI is InChI=1S/C15H29N3O2/c1-17(8-2-14-4-12-20-13-5-14)9-3-15(19)18-10-6-16-7-11-18/h14,16H,2-13H2,1H3. The summed E-state index contributed by atoms with van der Waals surface area (Å²) in [6, 6.07) is 0. The largest absolute Gasteiger partial charge is 0.381 e. The van der Waals surface area contributed by atoms with Gasteiger partial charge in [0.15, 0.2) is 0 Å². The Morgan fingerprint density at radius 2 is 1.95 bits per heavy atom. The molecule has 0 bridgehead atoms. The number of rotatable bonds is 6. The van der Waals surface area contributed by atoms with Crippen LogP contribution in [0, 0.1) is 5.92 Å². The zero-order chi connectivity index (χ0) is 14.2. The first-order valence-corrected chi connectivity index (χ1v) is 8.00. The van der Waals surface area contributed by atoms with Crippen LogP contribution in [0.15, 0.2) is 0 Å². The lowest BCUT2D eigenvalue weighted by molar-refractivity contribution is -0.132. The van der Waals surface area contributed by atoms with Crippen LogP contribution in [-0.2, 0) is 9.53 Å². The van der Waals surface area contributed by atoms with Gasteiger partial charge in [-0.1, -0.05) is 0 Å². The van der Waals surface area contributed by atoms with Crippen LogP contribution in [0.3, 0.4) is 0 Å². The minimum Gasteiger partial charge on any atom is -0.381 e. The highest BCUT2D eigenvalue weighted by molar-refractivity contribution is 5.76. The van der Waals surface area contributed by atoms with Crippen LogP contribution >= 0.6 is 0 Å². The van der Waals surface area contributed by atoms with E-state index in [1.807, 2.05) is 4.90 Å². The molecule has 20 heavy (non-hydrogen) atoms. The summed E-state index contributed by atoms with van der Waals surface area (Å²) in [5.41, 5.74) is 0. The second kappa shape index (κ2) is 8.60. The van der Waals surface area contributed by atoms with Gasteiger partial charge in [0, 0.05) is 52.4 Å². The van der Waals surface area contributed by atoms with Crippen LogP contribution in [0.1, 0.15) is 25.7 Å². The van der Waals surface area contributed by atoms with Gasteiger partial charge >= 0.3 is 0 Å². The molecule has 2 aliphatic heterocycles. The van der Waals surface area contributed by atoms with Crippen molar-refractivity contribution in [3.8, 4) is 0 Å². The van der Waals surface area contributed by atoms with E-state index < -0.39 is 0 Å². The Hall–Kier alpha value is -0.650. The lowest BCUT2D eigenvalue weighted by Gasteiger charge is -2.28. The molecule has 1 N–H and O–H groups in total. The third-order valence-corrected chi connectivity index (χ3v) is 4.44. The van der Waals surface area contributed by atoms with Gasteiger partial charge in [-0.2, -0.15) is 0 Å². The number of nitrogens with one attached hydrogen (secondary N) is 1. The molecule has 0 aliphatic carbocycles. The van der Waals surface area contributed by atoms with Crippen molar-refractivity contribution in [3.05, 3.63) is 0 Å². The molecular formula is C15H29N3O2. The number of nitrogens with zero attached hydrogens (tertiary/aromatic N) is 2. The van der Waals surface area contributed by atoms with E-state index in [0.29, 0.717) is 12.3 Å². The van der Waals surface area contributed by atoms with Crippen LogP contribution in [-0.4, -0.2) is 75.2 Å². The van der Waals surface area contributed by atoms with Gasteiger partial charge < -0.3 is 19.9 Å². The smallest absolute Gasteiger partial charge is 0.223 e. The van der Waals surface area contributed by atoms with Crippen LogP contribution < -0.4 is 5.32 Å². The van der Waals surface area contributed by atoms with Gasteiger partial charge in [0.05, 0.1) is 0 Å². The molecule has 116 valence electrons. The summed E-state index contributed by atoms with van der Waals surface area (Å²) in [6.07, 6.45) is 4.30. The number of amides is 1. The summed E-state index contributed by atoms with van der Waals surface area (Å²) in [7, 11) is 2.13. The molecule has 5 heteroatoms. The number of piperazine rings is 1. The minimum atomic E-state index is 0.310. The quantitative estimate of drug-likeness (QED) is 0.773. The Balaban J connectivity index is 1.56. The highest BCUT2D eigenvalue weighted by Gasteiger charge is 2.17. The number of hydrogen-bond donors (Lipinski definition) is 1. The van der Waals surface area contributed by atoms with E-state index in [1.54, 1.807) is 0 Å². The Kier molecular flexibility index (Phi) is 6.76. The van der Waals surface area contributed by atoms with Gasteiger partial charge in [0.25, 0.3) is 0 Å². The van der Waals surface area contributed by atoms with Crippen molar-refractivity contribution in [1.82, 2.24) is 15.1 Å². The number of carbonyl (C=O) groups is 1. The van der Waals surface area contributed by atoms with Crippen molar-refractivity contribution in [2.45, 2.75) is 25.7 Å². The third-order valence-electron chi connectivity index (χ3n) is 4.44. The van der Waals surface area contributed by atoms with Crippen molar-refractivity contribution in [3.63, 3.8) is 0 Å². The van der Waals surface area contributed by atoms with Crippen LogP contribution in [0.4, 0.5) is 0 Å². The summed E-state index contributed by atoms with van der Waals surface area (Å²) in [5, 5.41) is 3.28. The van der Waals surface area contributed by atoms with Gasteiger partial charge in [-0.05, 0) is 38.8 Å². The first-order valence-electron chi connectivity index (χ1n) is 8.00. The first kappa shape index (κ1) is 15.7. The van der Waals surface area contributed by atoms with Gasteiger partial charge in [-0.3, -0.25) is 4.79 Å².